The summed E-state index contributed by atoms with van der Waals surface area (Å²) in [5.41, 5.74) is 0.157. The van der Waals surface area contributed by atoms with Crippen molar-refractivity contribution in [1.82, 2.24) is 0 Å². The molecule has 0 radical (unpaired) electrons. The first-order valence-electron chi connectivity index (χ1n) is 9.85. The lowest BCUT2D eigenvalue weighted by atomic mass is 10.1. The van der Waals surface area contributed by atoms with Crippen molar-refractivity contribution in [3.63, 3.8) is 0 Å². The van der Waals surface area contributed by atoms with Crippen molar-refractivity contribution in [2.45, 2.75) is 4.90 Å². The number of carbonyl (C=O) groups excluding carboxylic acids is 3. The maximum absolute atomic E-state index is 14.2. The minimum atomic E-state index is -4.37. The van der Waals surface area contributed by atoms with Crippen LogP contribution in [0.5, 0.6) is 0 Å². The summed E-state index contributed by atoms with van der Waals surface area (Å²) in [4.78, 5) is 38.3. The summed E-state index contributed by atoms with van der Waals surface area (Å²) >= 11 is 6.07. The van der Waals surface area contributed by atoms with Crippen molar-refractivity contribution in [2.75, 3.05) is 15.5 Å². The van der Waals surface area contributed by atoms with Crippen LogP contribution in [0.2, 0.25) is 0 Å². The van der Waals surface area contributed by atoms with Gasteiger partial charge in [0, 0.05) is 16.9 Å². The Balaban J connectivity index is 1.52. The molecule has 1 aliphatic rings. The van der Waals surface area contributed by atoms with E-state index in [-0.39, 0.29) is 33.2 Å². The molecule has 3 aromatic rings. The molecule has 3 N–H and O–H groups in total. The Labute approximate surface area is 203 Å². The van der Waals surface area contributed by atoms with Gasteiger partial charge in [-0.15, -0.1) is 0 Å². The lowest BCUT2D eigenvalue weighted by molar-refractivity contribution is -0.120. The normalized spacial score (nSPS) is 13.9. The predicted molar refractivity (Wildman–Crippen MR) is 126 cm³/mol. The monoisotopic (exact) mass is 515 g/mol. The number of amides is 3. The van der Waals surface area contributed by atoms with Gasteiger partial charge in [0.25, 0.3) is 27.8 Å². The summed E-state index contributed by atoms with van der Waals surface area (Å²) in [6.45, 7) is 0. The average Bonchev–Trinajstić information content (AvgIpc) is 3.02. The molecule has 0 aliphatic carbocycles. The number of nitrogens with one attached hydrogen (secondary N) is 2. The lowest BCUT2D eigenvalue weighted by Gasteiger charge is -2.15. The number of halogens is 2. The van der Waals surface area contributed by atoms with Gasteiger partial charge in [0.2, 0.25) is 0 Å². The lowest BCUT2D eigenvalue weighted by Crippen LogP contribution is -2.33. The molecule has 4 rings (SSSR count). The van der Waals surface area contributed by atoms with Crippen LogP contribution in [0.25, 0.3) is 0 Å². The van der Waals surface area contributed by atoms with E-state index in [9.17, 15) is 27.2 Å². The molecule has 178 valence electrons. The SMILES string of the molecule is O=C(Nc1ccc(S(=O)(=O)O)cc1)c1cccc(NC2=C(Cl)C(=O)N(c3ccccc3F)C2=O)c1. The second-order valence-electron chi connectivity index (χ2n) is 7.25. The third-order valence-electron chi connectivity index (χ3n) is 4.92. The largest absolute Gasteiger partial charge is 0.350 e. The molecule has 0 spiro atoms. The van der Waals surface area contributed by atoms with E-state index < -0.39 is 38.7 Å². The van der Waals surface area contributed by atoms with Crippen molar-refractivity contribution < 1.29 is 31.7 Å². The Morgan fingerprint density at radius 3 is 2.26 bits per heavy atom. The topological polar surface area (TPSA) is 133 Å². The Kier molecular flexibility index (Phi) is 6.39. The molecule has 0 aromatic heterocycles. The number of para-hydroxylation sites is 1. The molecule has 0 fully saturated rings. The van der Waals surface area contributed by atoms with Gasteiger partial charge in [0.1, 0.15) is 16.5 Å². The summed E-state index contributed by atoms with van der Waals surface area (Å²) in [7, 11) is -4.37. The van der Waals surface area contributed by atoms with Gasteiger partial charge in [0.05, 0.1) is 10.6 Å². The third-order valence-corrected chi connectivity index (χ3v) is 6.14. The van der Waals surface area contributed by atoms with Crippen LogP contribution in [0.4, 0.5) is 21.5 Å². The highest BCUT2D eigenvalue weighted by Gasteiger charge is 2.40. The first-order chi connectivity index (χ1) is 16.6. The number of anilines is 3. The van der Waals surface area contributed by atoms with E-state index in [2.05, 4.69) is 10.6 Å². The number of hydrogen-bond donors (Lipinski definition) is 3. The maximum Gasteiger partial charge on any atom is 0.294 e. The number of nitrogens with zero attached hydrogens (tertiary/aromatic N) is 1. The Morgan fingerprint density at radius 1 is 0.914 bits per heavy atom. The van der Waals surface area contributed by atoms with Gasteiger partial charge >= 0.3 is 0 Å². The van der Waals surface area contributed by atoms with Crippen LogP contribution in [0.15, 0.2) is 88.4 Å². The molecule has 1 heterocycles. The molecule has 3 amide bonds. The minimum Gasteiger partial charge on any atom is -0.350 e. The van der Waals surface area contributed by atoms with E-state index in [1.165, 1.54) is 54.6 Å². The Bertz CT molecular complexity index is 1510. The smallest absolute Gasteiger partial charge is 0.294 e. The summed E-state index contributed by atoms with van der Waals surface area (Å²) < 4.78 is 45.5. The second kappa shape index (κ2) is 9.29. The second-order valence-corrected chi connectivity index (χ2v) is 9.04. The molecule has 0 unspecified atom stereocenters. The highest BCUT2D eigenvalue weighted by Crippen LogP contribution is 2.31. The molecule has 12 heteroatoms. The average molecular weight is 516 g/mol. The van der Waals surface area contributed by atoms with E-state index in [0.717, 1.165) is 18.2 Å². The fourth-order valence-electron chi connectivity index (χ4n) is 3.26. The highest BCUT2D eigenvalue weighted by molar-refractivity contribution is 7.85. The molecule has 0 saturated carbocycles. The predicted octanol–water partition coefficient (Wildman–Crippen LogP) is 3.76. The van der Waals surface area contributed by atoms with Gasteiger partial charge in [-0.2, -0.15) is 8.42 Å². The number of carbonyl (C=O) groups is 3. The van der Waals surface area contributed by atoms with Crippen LogP contribution in [0.3, 0.4) is 0 Å². The van der Waals surface area contributed by atoms with Crippen molar-refractivity contribution in [2.24, 2.45) is 0 Å². The van der Waals surface area contributed by atoms with Crippen LogP contribution in [0.1, 0.15) is 10.4 Å². The zero-order valence-electron chi connectivity index (χ0n) is 17.5. The maximum atomic E-state index is 14.2. The molecular formula is C23H15ClFN3O6S. The molecular weight excluding hydrogens is 501 g/mol. The number of hydrogen-bond acceptors (Lipinski definition) is 6. The van der Waals surface area contributed by atoms with Gasteiger partial charge in [-0.3, -0.25) is 18.9 Å². The summed E-state index contributed by atoms with van der Waals surface area (Å²) in [5.74, 6) is -3.09. The number of benzene rings is 3. The Morgan fingerprint density at radius 2 is 1.60 bits per heavy atom. The van der Waals surface area contributed by atoms with Crippen molar-refractivity contribution in [1.29, 1.82) is 0 Å². The van der Waals surface area contributed by atoms with Gasteiger partial charge in [-0.1, -0.05) is 29.8 Å². The van der Waals surface area contributed by atoms with E-state index in [1.807, 2.05) is 0 Å². The summed E-state index contributed by atoms with van der Waals surface area (Å²) in [6.07, 6.45) is 0. The zero-order valence-corrected chi connectivity index (χ0v) is 19.1. The van der Waals surface area contributed by atoms with E-state index >= 15 is 0 Å². The summed E-state index contributed by atoms with van der Waals surface area (Å²) in [6, 6.07) is 16.0. The number of rotatable bonds is 6. The fourth-order valence-corrected chi connectivity index (χ4v) is 3.95. The molecule has 3 aromatic carbocycles. The molecule has 9 nitrogen and oxygen atoms in total. The minimum absolute atomic E-state index is 0.160. The zero-order chi connectivity index (χ0) is 25.3. The van der Waals surface area contributed by atoms with Crippen molar-refractivity contribution in [3.05, 3.63) is 94.9 Å². The van der Waals surface area contributed by atoms with E-state index in [1.54, 1.807) is 0 Å². The van der Waals surface area contributed by atoms with Crippen LogP contribution in [0, 0.1) is 5.82 Å². The molecule has 0 atom stereocenters. The third kappa shape index (κ3) is 4.92. The fraction of sp³-hybridized carbons (Fsp3) is 0. The molecule has 35 heavy (non-hydrogen) atoms. The van der Waals surface area contributed by atoms with Gasteiger partial charge in [-0.05, 0) is 54.6 Å². The van der Waals surface area contributed by atoms with Crippen LogP contribution < -0.4 is 15.5 Å². The molecule has 0 bridgehead atoms. The van der Waals surface area contributed by atoms with Gasteiger partial charge in [-0.25, -0.2) is 9.29 Å². The van der Waals surface area contributed by atoms with Crippen LogP contribution in [-0.4, -0.2) is 30.7 Å². The van der Waals surface area contributed by atoms with Crippen molar-refractivity contribution in [3.8, 4) is 0 Å². The van der Waals surface area contributed by atoms with E-state index in [0.29, 0.717) is 4.90 Å². The quantitative estimate of drug-likeness (QED) is 0.336. The van der Waals surface area contributed by atoms with E-state index in [4.69, 9.17) is 16.2 Å². The highest BCUT2D eigenvalue weighted by atomic mass is 35.5. The standard InChI is InChI=1S/C23H15ClFN3O6S/c24-19-20(23(31)28(22(19)30)18-7-2-1-6-17(18)25)26-15-5-3-4-13(12-15)21(29)27-14-8-10-16(11-9-14)35(32,33)34/h1-12,26H,(H,27,29)(H,32,33,34). The summed E-state index contributed by atoms with van der Waals surface area (Å²) in [5, 5.41) is 4.84. The van der Waals surface area contributed by atoms with Crippen LogP contribution >= 0.6 is 11.6 Å². The Hall–Kier alpha value is -4.06. The first-order valence-corrected chi connectivity index (χ1v) is 11.7. The molecule has 1 aliphatic heterocycles. The van der Waals surface area contributed by atoms with Gasteiger partial charge < -0.3 is 10.6 Å². The van der Waals surface area contributed by atoms with Crippen molar-refractivity contribution >= 4 is 56.5 Å². The number of imide groups is 1. The first kappa shape index (κ1) is 24.1. The van der Waals surface area contributed by atoms with Crippen LogP contribution in [-0.2, 0) is 19.7 Å². The molecule has 0 saturated heterocycles. The van der Waals surface area contributed by atoms with Gasteiger partial charge in [0.15, 0.2) is 0 Å².